The summed E-state index contributed by atoms with van der Waals surface area (Å²) in [6, 6.07) is 12.0. The number of ether oxygens (including phenoxy) is 1. The highest BCUT2D eigenvalue weighted by Gasteiger charge is 2.29. The normalized spacial score (nSPS) is 20.4. The number of fused-ring (bicyclic) bond motifs is 1. The number of halogens is 2. The topological polar surface area (TPSA) is 60.2 Å². The highest BCUT2D eigenvalue weighted by Crippen LogP contribution is 2.45. The number of nitrogens with zero attached hydrogens (tertiary/aromatic N) is 1. The zero-order valence-electron chi connectivity index (χ0n) is 14.0. The summed E-state index contributed by atoms with van der Waals surface area (Å²) in [5.41, 5.74) is 9.15. The molecule has 26 heavy (non-hydrogen) atoms. The number of rotatable bonds is 4. The van der Waals surface area contributed by atoms with Gasteiger partial charge in [-0.2, -0.15) is 0 Å². The van der Waals surface area contributed by atoms with Crippen LogP contribution in [0, 0.1) is 0 Å². The molecule has 1 aliphatic heterocycles. The molecule has 4 rings (SSSR count). The van der Waals surface area contributed by atoms with E-state index in [1.165, 1.54) is 5.56 Å². The fraction of sp³-hybridized carbons (Fsp3) is 0.316. The summed E-state index contributed by atoms with van der Waals surface area (Å²) >= 11 is 14.6. The van der Waals surface area contributed by atoms with Gasteiger partial charge in [-0.15, -0.1) is 11.3 Å². The van der Waals surface area contributed by atoms with E-state index in [4.69, 9.17) is 33.7 Å². The average Bonchev–Trinajstić information content (AvgIpc) is 2.98. The number of benzene rings is 1. The summed E-state index contributed by atoms with van der Waals surface area (Å²) in [4.78, 5) is 5.54. The highest BCUT2D eigenvalue weighted by atomic mass is 35.5. The molecule has 0 unspecified atom stereocenters. The second-order valence-electron chi connectivity index (χ2n) is 6.42. The van der Waals surface area contributed by atoms with Gasteiger partial charge in [0.2, 0.25) is 0 Å². The van der Waals surface area contributed by atoms with E-state index in [0.717, 1.165) is 27.2 Å². The maximum absolute atomic E-state index is 6.68. The lowest BCUT2D eigenvalue weighted by Crippen LogP contribution is -2.37. The molecule has 3 aromatic rings. The van der Waals surface area contributed by atoms with Crippen LogP contribution in [0.15, 0.2) is 36.4 Å². The third-order valence-electron chi connectivity index (χ3n) is 4.64. The highest BCUT2D eigenvalue weighted by molar-refractivity contribution is 7.20. The molecule has 136 valence electrons. The Labute approximate surface area is 166 Å². The summed E-state index contributed by atoms with van der Waals surface area (Å²) in [6.07, 6.45) is 0.869. The smallest absolute Gasteiger partial charge is 0.131 e. The Hall–Kier alpha value is -1.37. The van der Waals surface area contributed by atoms with E-state index in [0.29, 0.717) is 29.9 Å². The summed E-state index contributed by atoms with van der Waals surface area (Å²) in [6.45, 7) is 1.97. The van der Waals surface area contributed by atoms with Gasteiger partial charge in [0.1, 0.15) is 10.7 Å². The molecule has 2 atom stereocenters. The molecule has 0 amide bonds. The van der Waals surface area contributed by atoms with Crippen LogP contribution in [0.3, 0.4) is 0 Å². The van der Waals surface area contributed by atoms with Crippen LogP contribution in [0.25, 0.3) is 10.2 Å². The van der Waals surface area contributed by atoms with Gasteiger partial charge in [-0.25, -0.2) is 4.98 Å². The van der Waals surface area contributed by atoms with Crippen molar-refractivity contribution >= 4 is 50.4 Å². The zero-order chi connectivity index (χ0) is 18.1. The Morgan fingerprint density at radius 3 is 2.85 bits per heavy atom. The fourth-order valence-electron chi connectivity index (χ4n) is 3.27. The number of hydrogen-bond donors (Lipinski definition) is 2. The third-order valence-corrected chi connectivity index (χ3v) is 6.67. The summed E-state index contributed by atoms with van der Waals surface area (Å²) < 4.78 is 6.48. The quantitative estimate of drug-likeness (QED) is 0.594. The van der Waals surface area contributed by atoms with E-state index in [1.807, 2.05) is 24.3 Å². The third kappa shape index (κ3) is 3.55. The summed E-state index contributed by atoms with van der Waals surface area (Å²) in [5, 5.41) is 4.56. The van der Waals surface area contributed by atoms with Gasteiger partial charge in [0.25, 0.3) is 0 Å². The van der Waals surface area contributed by atoms with Crippen LogP contribution in [0.2, 0.25) is 10.2 Å². The van der Waals surface area contributed by atoms with Crippen LogP contribution in [-0.4, -0.2) is 24.2 Å². The number of hydrogen-bond acceptors (Lipinski definition) is 5. The van der Waals surface area contributed by atoms with Crippen molar-refractivity contribution in [1.82, 2.24) is 4.98 Å². The Morgan fingerprint density at radius 2 is 2.08 bits per heavy atom. The van der Waals surface area contributed by atoms with E-state index in [-0.39, 0.29) is 12.0 Å². The van der Waals surface area contributed by atoms with Crippen molar-refractivity contribution in [3.05, 3.63) is 57.0 Å². The van der Waals surface area contributed by atoms with E-state index >= 15 is 0 Å². The van der Waals surface area contributed by atoms with E-state index in [9.17, 15) is 0 Å². The van der Waals surface area contributed by atoms with Crippen LogP contribution in [0.5, 0.6) is 0 Å². The molecule has 2 aromatic heterocycles. The van der Waals surface area contributed by atoms with Gasteiger partial charge >= 0.3 is 0 Å². The van der Waals surface area contributed by atoms with Crippen molar-refractivity contribution in [2.24, 2.45) is 5.73 Å². The van der Waals surface area contributed by atoms with Crippen LogP contribution in [-0.2, 0) is 11.3 Å². The minimum Gasteiger partial charge on any atom is -0.380 e. The van der Waals surface area contributed by atoms with Crippen molar-refractivity contribution in [3.8, 4) is 0 Å². The number of thiophene rings is 1. The minimum absolute atomic E-state index is 0.0505. The van der Waals surface area contributed by atoms with Gasteiger partial charge in [-0.3, -0.25) is 0 Å². The van der Waals surface area contributed by atoms with E-state index in [1.54, 1.807) is 11.3 Å². The first-order valence-corrected chi connectivity index (χ1v) is 10.1. The molecule has 1 aromatic carbocycles. The molecule has 1 saturated heterocycles. The molecule has 3 N–H and O–H groups in total. The molecule has 1 fully saturated rings. The molecular weight excluding hydrogens is 389 g/mol. The van der Waals surface area contributed by atoms with Crippen molar-refractivity contribution in [2.45, 2.75) is 24.9 Å². The molecule has 4 nitrogen and oxygen atoms in total. The maximum atomic E-state index is 6.68. The molecule has 0 saturated carbocycles. The molecule has 0 spiro atoms. The monoisotopic (exact) mass is 407 g/mol. The van der Waals surface area contributed by atoms with Crippen molar-refractivity contribution in [2.75, 3.05) is 18.5 Å². The first-order valence-electron chi connectivity index (χ1n) is 8.53. The van der Waals surface area contributed by atoms with Gasteiger partial charge in [0, 0.05) is 36.1 Å². The van der Waals surface area contributed by atoms with Crippen LogP contribution in [0.1, 0.15) is 22.8 Å². The largest absolute Gasteiger partial charge is 0.380 e. The molecule has 0 aliphatic carbocycles. The van der Waals surface area contributed by atoms with Gasteiger partial charge in [0.15, 0.2) is 0 Å². The standard InChI is InChI=1S/C19H19Cl2N3OS/c20-15-8-14(23-9-11-4-2-1-3-5-11)19-17(24-15)16(21)18(26-19)12-6-7-25-10-13(12)22/h1-5,8,12-13H,6-7,9-10,22H2,(H,23,24)/t12-,13-/m0/s1. The lowest BCUT2D eigenvalue weighted by Gasteiger charge is -2.28. The van der Waals surface area contributed by atoms with Gasteiger partial charge in [0.05, 0.1) is 22.0 Å². The van der Waals surface area contributed by atoms with Crippen LogP contribution >= 0.6 is 34.5 Å². The fourth-order valence-corrected chi connectivity index (χ4v) is 5.25. The predicted octanol–water partition coefficient (Wildman–Crippen LogP) is 5.05. The number of pyridine rings is 1. The van der Waals surface area contributed by atoms with Crippen molar-refractivity contribution in [1.29, 1.82) is 0 Å². The van der Waals surface area contributed by atoms with E-state index < -0.39 is 0 Å². The maximum Gasteiger partial charge on any atom is 0.131 e. The average molecular weight is 408 g/mol. The number of anilines is 1. The SMILES string of the molecule is N[C@H]1COCC[C@@H]1c1sc2c(NCc3ccccc3)cc(Cl)nc2c1Cl. The van der Waals surface area contributed by atoms with Crippen molar-refractivity contribution < 1.29 is 4.74 Å². The molecular formula is C19H19Cl2N3OS. The zero-order valence-corrected chi connectivity index (χ0v) is 16.4. The minimum atomic E-state index is -0.0505. The van der Waals surface area contributed by atoms with Crippen LogP contribution < -0.4 is 11.1 Å². The molecule has 0 bridgehead atoms. The summed E-state index contributed by atoms with van der Waals surface area (Å²) in [5.74, 6) is 0.191. The Balaban J connectivity index is 1.70. The van der Waals surface area contributed by atoms with Gasteiger partial charge < -0.3 is 15.8 Å². The molecule has 7 heteroatoms. The predicted molar refractivity (Wildman–Crippen MR) is 110 cm³/mol. The Bertz CT molecular complexity index is 916. The van der Waals surface area contributed by atoms with Crippen molar-refractivity contribution in [3.63, 3.8) is 0 Å². The second-order valence-corrected chi connectivity index (χ2v) is 8.24. The first kappa shape index (κ1) is 18.0. The Morgan fingerprint density at radius 1 is 1.27 bits per heavy atom. The number of nitrogens with one attached hydrogen (secondary N) is 1. The number of nitrogens with two attached hydrogens (primary N) is 1. The van der Waals surface area contributed by atoms with E-state index in [2.05, 4.69) is 22.4 Å². The molecule has 3 heterocycles. The lowest BCUT2D eigenvalue weighted by atomic mass is 9.94. The Kier molecular flexibility index (Phi) is 5.34. The van der Waals surface area contributed by atoms with Gasteiger partial charge in [-0.1, -0.05) is 53.5 Å². The first-order chi connectivity index (χ1) is 12.6. The molecule has 0 radical (unpaired) electrons. The van der Waals surface area contributed by atoms with Crippen LogP contribution in [0.4, 0.5) is 5.69 Å². The second kappa shape index (κ2) is 7.71. The summed E-state index contributed by atoms with van der Waals surface area (Å²) in [7, 11) is 0. The number of aromatic nitrogens is 1. The molecule has 1 aliphatic rings. The lowest BCUT2D eigenvalue weighted by molar-refractivity contribution is 0.0703. The van der Waals surface area contributed by atoms with Gasteiger partial charge in [-0.05, 0) is 12.0 Å².